The number of aromatic nitrogens is 2. The summed E-state index contributed by atoms with van der Waals surface area (Å²) in [6, 6.07) is 5.66. The van der Waals surface area contributed by atoms with E-state index in [-0.39, 0.29) is 5.92 Å². The van der Waals surface area contributed by atoms with Crippen LogP contribution in [0.1, 0.15) is 37.2 Å². The number of aliphatic carboxylic acids is 1. The monoisotopic (exact) mass is 383 g/mol. The van der Waals surface area contributed by atoms with Gasteiger partial charge in [0.25, 0.3) is 0 Å². The molecule has 2 unspecified atom stereocenters. The first kappa shape index (κ1) is 19.3. The summed E-state index contributed by atoms with van der Waals surface area (Å²) in [7, 11) is 0. The van der Waals surface area contributed by atoms with Crippen LogP contribution in [-0.4, -0.2) is 27.1 Å². The number of thiophene rings is 1. The number of nitrogens with one attached hydrogen (secondary N) is 1. The minimum absolute atomic E-state index is 0.0171. The Balaban J connectivity index is 2.16. The van der Waals surface area contributed by atoms with Crippen molar-refractivity contribution >= 4 is 33.3 Å². The zero-order valence-corrected chi connectivity index (χ0v) is 17.1. The van der Waals surface area contributed by atoms with Crippen LogP contribution >= 0.6 is 11.3 Å². The van der Waals surface area contributed by atoms with E-state index in [4.69, 9.17) is 0 Å². The van der Waals surface area contributed by atoms with Crippen molar-refractivity contribution in [2.75, 3.05) is 5.32 Å². The maximum absolute atomic E-state index is 11.8. The normalized spacial score (nSPS) is 13.5. The van der Waals surface area contributed by atoms with E-state index in [2.05, 4.69) is 52.7 Å². The van der Waals surface area contributed by atoms with E-state index >= 15 is 0 Å². The lowest BCUT2D eigenvalue weighted by atomic mass is 9.98. The van der Waals surface area contributed by atoms with Gasteiger partial charge in [0.05, 0.1) is 5.39 Å². The van der Waals surface area contributed by atoms with E-state index in [1.165, 1.54) is 11.1 Å². The van der Waals surface area contributed by atoms with Gasteiger partial charge in [0.2, 0.25) is 0 Å². The molecule has 27 heavy (non-hydrogen) atoms. The lowest BCUT2D eigenvalue weighted by molar-refractivity contribution is -0.139. The third-order valence-electron chi connectivity index (χ3n) is 5.13. The molecule has 2 heterocycles. The molecule has 0 aliphatic carbocycles. The Morgan fingerprint density at radius 2 is 1.96 bits per heavy atom. The zero-order chi connectivity index (χ0) is 19.7. The Morgan fingerprint density at radius 3 is 2.59 bits per heavy atom. The van der Waals surface area contributed by atoms with Gasteiger partial charge in [-0.15, -0.1) is 11.3 Å². The lowest BCUT2D eigenvalue weighted by Gasteiger charge is -2.21. The molecule has 0 saturated carbocycles. The number of hydrogen-bond acceptors (Lipinski definition) is 5. The molecule has 0 amide bonds. The number of aryl methyl sites for hydroxylation is 3. The van der Waals surface area contributed by atoms with E-state index in [1.54, 1.807) is 11.3 Å². The first-order valence-corrected chi connectivity index (χ1v) is 10.0. The van der Waals surface area contributed by atoms with E-state index < -0.39 is 12.0 Å². The molecule has 0 saturated heterocycles. The summed E-state index contributed by atoms with van der Waals surface area (Å²) in [5.41, 5.74) is 4.59. The number of carbonyl (C=O) groups is 1. The molecule has 0 spiro atoms. The fourth-order valence-corrected chi connectivity index (χ4v) is 4.10. The minimum atomic E-state index is -0.864. The smallest absolute Gasteiger partial charge is 0.326 e. The third kappa shape index (κ3) is 3.81. The Hall–Kier alpha value is -2.47. The molecule has 0 fully saturated rings. The van der Waals surface area contributed by atoms with Crippen LogP contribution in [0.15, 0.2) is 23.6 Å². The molecular weight excluding hydrogens is 358 g/mol. The predicted molar refractivity (Wildman–Crippen MR) is 112 cm³/mol. The first-order valence-electron chi connectivity index (χ1n) is 9.14. The fourth-order valence-electron chi connectivity index (χ4n) is 3.10. The maximum atomic E-state index is 11.8. The Labute approximate surface area is 163 Å². The highest BCUT2D eigenvalue weighted by atomic mass is 32.1. The zero-order valence-electron chi connectivity index (χ0n) is 16.3. The van der Waals surface area contributed by atoms with Gasteiger partial charge in [0, 0.05) is 10.9 Å². The van der Waals surface area contributed by atoms with Gasteiger partial charge < -0.3 is 10.4 Å². The lowest BCUT2D eigenvalue weighted by Crippen LogP contribution is -2.35. The summed E-state index contributed by atoms with van der Waals surface area (Å²) in [6.45, 7) is 9.95. The Morgan fingerprint density at radius 1 is 1.22 bits per heavy atom. The predicted octanol–water partition coefficient (Wildman–Crippen LogP) is 5.19. The number of benzene rings is 1. The molecule has 2 aromatic heterocycles. The summed E-state index contributed by atoms with van der Waals surface area (Å²) in [5.74, 6) is 0.347. The summed E-state index contributed by atoms with van der Waals surface area (Å²) in [5, 5.41) is 15.8. The molecule has 0 bridgehead atoms. The topological polar surface area (TPSA) is 75.1 Å². The number of anilines is 1. The average molecular weight is 384 g/mol. The van der Waals surface area contributed by atoms with Gasteiger partial charge in [0.15, 0.2) is 0 Å². The summed E-state index contributed by atoms with van der Waals surface area (Å²) >= 11 is 1.56. The second-order valence-corrected chi connectivity index (χ2v) is 7.95. The molecule has 3 rings (SSSR count). The standard InChI is InChI=1S/C21H25N3O2S/c1-6-11(2)18(21(25)26)24-19-17-16(10-27-20(17)23-14(5)22-19)15-8-7-12(3)13(4)9-15/h7-11,18H,6H2,1-5H3,(H,25,26)(H,22,23,24). The average Bonchev–Trinajstić information content (AvgIpc) is 3.04. The minimum Gasteiger partial charge on any atom is -0.480 e. The van der Waals surface area contributed by atoms with Crippen LogP contribution in [0.4, 0.5) is 5.82 Å². The maximum Gasteiger partial charge on any atom is 0.326 e. The van der Waals surface area contributed by atoms with Crippen LogP contribution < -0.4 is 5.32 Å². The highest BCUT2D eigenvalue weighted by Crippen LogP contribution is 2.38. The number of nitrogens with zero attached hydrogens (tertiary/aromatic N) is 2. The number of carboxylic acids is 1. The molecule has 142 valence electrons. The van der Waals surface area contributed by atoms with Crippen molar-refractivity contribution in [2.24, 2.45) is 5.92 Å². The number of rotatable bonds is 6. The summed E-state index contributed by atoms with van der Waals surface area (Å²) < 4.78 is 0. The first-order chi connectivity index (χ1) is 12.8. The van der Waals surface area contributed by atoms with Gasteiger partial charge in [-0.05, 0) is 43.4 Å². The number of hydrogen-bond donors (Lipinski definition) is 2. The highest BCUT2D eigenvalue weighted by molar-refractivity contribution is 7.17. The van der Waals surface area contributed by atoms with E-state index in [1.807, 2.05) is 20.8 Å². The van der Waals surface area contributed by atoms with Crippen LogP contribution in [0.2, 0.25) is 0 Å². The van der Waals surface area contributed by atoms with Crippen molar-refractivity contribution in [3.63, 3.8) is 0 Å². The largest absolute Gasteiger partial charge is 0.480 e. The molecule has 0 aliphatic heterocycles. The van der Waals surface area contributed by atoms with Gasteiger partial charge in [-0.2, -0.15) is 0 Å². The summed E-state index contributed by atoms with van der Waals surface area (Å²) in [6.07, 6.45) is 0.769. The molecule has 2 atom stereocenters. The number of carboxylic acid groups (broad SMARTS) is 1. The van der Waals surface area contributed by atoms with Crippen molar-refractivity contribution in [3.8, 4) is 11.1 Å². The summed E-state index contributed by atoms with van der Waals surface area (Å²) in [4.78, 5) is 21.8. The van der Waals surface area contributed by atoms with Crippen molar-refractivity contribution in [1.82, 2.24) is 9.97 Å². The van der Waals surface area contributed by atoms with E-state index in [9.17, 15) is 9.90 Å². The molecular formula is C21H25N3O2S. The van der Waals surface area contributed by atoms with E-state index in [0.29, 0.717) is 11.6 Å². The fraction of sp³-hybridized carbons (Fsp3) is 0.381. The van der Waals surface area contributed by atoms with Crippen molar-refractivity contribution < 1.29 is 9.90 Å². The number of fused-ring (bicyclic) bond motifs is 1. The van der Waals surface area contributed by atoms with Gasteiger partial charge >= 0.3 is 5.97 Å². The Bertz CT molecular complexity index is 997. The van der Waals surface area contributed by atoms with Crippen molar-refractivity contribution in [3.05, 3.63) is 40.5 Å². The second kappa shape index (κ2) is 7.64. The second-order valence-electron chi connectivity index (χ2n) is 7.09. The molecule has 6 heteroatoms. The quantitative estimate of drug-likeness (QED) is 0.612. The van der Waals surface area contributed by atoms with Crippen LogP contribution in [0.25, 0.3) is 21.3 Å². The molecule has 0 radical (unpaired) electrons. The molecule has 5 nitrogen and oxygen atoms in total. The van der Waals surface area contributed by atoms with Gasteiger partial charge in [-0.1, -0.05) is 38.5 Å². The van der Waals surface area contributed by atoms with Crippen LogP contribution in [0, 0.1) is 26.7 Å². The Kier molecular flexibility index (Phi) is 5.46. The van der Waals surface area contributed by atoms with Gasteiger partial charge in [-0.3, -0.25) is 0 Å². The van der Waals surface area contributed by atoms with Gasteiger partial charge in [-0.25, -0.2) is 14.8 Å². The third-order valence-corrected chi connectivity index (χ3v) is 6.01. The van der Waals surface area contributed by atoms with Gasteiger partial charge in [0.1, 0.15) is 22.5 Å². The van der Waals surface area contributed by atoms with Crippen LogP contribution in [-0.2, 0) is 4.79 Å². The molecule has 3 aromatic rings. The van der Waals surface area contributed by atoms with Crippen LogP contribution in [0.3, 0.4) is 0 Å². The van der Waals surface area contributed by atoms with E-state index in [0.717, 1.165) is 27.8 Å². The van der Waals surface area contributed by atoms with Crippen LogP contribution in [0.5, 0.6) is 0 Å². The molecule has 0 aliphatic rings. The van der Waals surface area contributed by atoms with Crippen molar-refractivity contribution in [2.45, 2.75) is 47.1 Å². The SMILES string of the molecule is CCC(C)C(Nc1nc(C)nc2scc(-c3ccc(C)c(C)c3)c12)C(=O)O. The highest BCUT2D eigenvalue weighted by Gasteiger charge is 2.26. The molecule has 1 aromatic carbocycles. The molecule has 2 N–H and O–H groups in total. The van der Waals surface area contributed by atoms with Crippen molar-refractivity contribution in [1.29, 1.82) is 0 Å².